The van der Waals surface area contributed by atoms with Gasteiger partial charge in [0.05, 0.1) is 11.4 Å². The minimum absolute atomic E-state index is 0.149. The Balaban J connectivity index is 2.93. The molecule has 0 radical (unpaired) electrons. The molecule has 1 heterocycles. The van der Waals surface area contributed by atoms with Crippen LogP contribution in [0.2, 0.25) is 0 Å². The van der Waals surface area contributed by atoms with Gasteiger partial charge in [0.1, 0.15) is 5.69 Å². The fourth-order valence-electron chi connectivity index (χ4n) is 1.45. The highest BCUT2D eigenvalue weighted by Crippen LogP contribution is 2.16. The van der Waals surface area contributed by atoms with Gasteiger partial charge in [-0.25, -0.2) is 0 Å². The van der Waals surface area contributed by atoms with Crippen LogP contribution in [-0.2, 0) is 13.5 Å². The molecule has 1 aromatic heterocycles. The van der Waals surface area contributed by atoms with Crippen molar-refractivity contribution in [2.24, 2.45) is 7.05 Å². The average Bonchev–Trinajstić information content (AvgIpc) is 2.50. The van der Waals surface area contributed by atoms with Gasteiger partial charge in [-0.1, -0.05) is 13.8 Å². The van der Waals surface area contributed by atoms with Gasteiger partial charge in [0.15, 0.2) is 0 Å². The summed E-state index contributed by atoms with van der Waals surface area (Å²) in [6.45, 7) is 4.63. The average molecular weight is 210 g/mol. The molecule has 1 aromatic rings. The van der Waals surface area contributed by atoms with E-state index in [2.05, 4.69) is 10.4 Å². The number of nitrogens with one attached hydrogen (secondary N) is 1. The van der Waals surface area contributed by atoms with Crippen LogP contribution in [0.4, 0.5) is 5.69 Å². The van der Waals surface area contributed by atoms with Crippen LogP contribution in [0.1, 0.15) is 36.5 Å². The standard InChI is InChI=1S/C10H18N4O/c1-4-6-12-10(15)9-8(11)7(5-2)13-14(9)3/h4-6,11H2,1-3H3,(H,12,15). The van der Waals surface area contributed by atoms with Gasteiger partial charge >= 0.3 is 0 Å². The van der Waals surface area contributed by atoms with Crippen molar-refractivity contribution in [2.45, 2.75) is 26.7 Å². The van der Waals surface area contributed by atoms with E-state index in [-0.39, 0.29) is 5.91 Å². The lowest BCUT2D eigenvalue weighted by atomic mass is 10.2. The van der Waals surface area contributed by atoms with Gasteiger partial charge in [-0.3, -0.25) is 9.48 Å². The van der Waals surface area contributed by atoms with Crippen LogP contribution >= 0.6 is 0 Å². The molecular formula is C10H18N4O. The third kappa shape index (κ3) is 2.29. The Kier molecular flexibility index (Phi) is 3.71. The SMILES string of the molecule is CCCNC(=O)c1c(N)c(CC)nn1C. The van der Waals surface area contributed by atoms with Gasteiger partial charge in [-0.05, 0) is 12.8 Å². The molecule has 0 saturated carbocycles. The summed E-state index contributed by atoms with van der Waals surface area (Å²) in [4.78, 5) is 11.7. The van der Waals surface area contributed by atoms with Gasteiger partial charge in [0.25, 0.3) is 5.91 Å². The van der Waals surface area contributed by atoms with Crippen molar-refractivity contribution < 1.29 is 4.79 Å². The fourth-order valence-corrected chi connectivity index (χ4v) is 1.45. The zero-order valence-electron chi connectivity index (χ0n) is 9.50. The van der Waals surface area contributed by atoms with Crippen LogP contribution in [0.25, 0.3) is 0 Å². The number of aryl methyl sites for hydroxylation is 2. The third-order valence-electron chi connectivity index (χ3n) is 2.25. The van der Waals surface area contributed by atoms with Crippen LogP contribution < -0.4 is 11.1 Å². The number of aromatic nitrogens is 2. The second kappa shape index (κ2) is 4.82. The number of nitrogens with two attached hydrogens (primary N) is 1. The molecule has 1 amide bonds. The molecular weight excluding hydrogens is 192 g/mol. The van der Waals surface area contributed by atoms with E-state index in [9.17, 15) is 4.79 Å². The molecule has 0 aliphatic carbocycles. The van der Waals surface area contributed by atoms with E-state index in [4.69, 9.17) is 5.73 Å². The molecule has 0 aromatic carbocycles. The largest absolute Gasteiger partial charge is 0.395 e. The summed E-state index contributed by atoms with van der Waals surface area (Å²) in [6, 6.07) is 0. The lowest BCUT2D eigenvalue weighted by Crippen LogP contribution is -2.27. The molecule has 15 heavy (non-hydrogen) atoms. The van der Waals surface area contributed by atoms with E-state index in [1.165, 1.54) is 0 Å². The Hall–Kier alpha value is -1.52. The maximum Gasteiger partial charge on any atom is 0.271 e. The summed E-state index contributed by atoms with van der Waals surface area (Å²) in [6.07, 6.45) is 1.64. The van der Waals surface area contributed by atoms with Crippen molar-refractivity contribution >= 4 is 11.6 Å². The number of anilines is 1. The van der Waals surface area contributed by atoms with Gasteiger partial charge in [0.2, 0.25) is 0 Å². The monoisotopic (exact) mass is 210 g/mol. The summed E-state index contributed by atoms with van der Waals surface area (Å²) in [5.41, 5.74) is 7.57. The van der Waals surface area contributed by atoms with E-state index in [1.807, 2.05) is 13.8 Å². The van der Waals surface area contributed by atoms with Gasteiger partial charge in [0, 0.05) is 13.6 Å². The predicted molar refractivity (Wildman–Crippen MR) is 59.6 cm³/mol. The zero-order chi connectivity index (χ0) is 11.4. The van der Waals surface area contributed by atoms with Crippen LogP contribution in [-0.4, -0.2) is 22.2 Å². The highest BCUT2D eigenvalue weighted by Gasteiger charge is 2.18. The first-order valence-electron chi connectivity index (χ1n) is 5.21. The van der Waals surface area contributed by atoms with Gasteiger partial charge in [-0.2, -0.15) is 5.10 Å². The molecule has 84 valence electrons. The highest BCUT2D eigenvalue weighted by molar-refractivity contribution is 5.97. The van der Waals surface area contributed by atoms with Crippen LogP contribution in [0.15, 0.2) is 0 Å². The summed E-state index contributed by atoms with van der Waals surface area (Å²) < 4.78 is 1.54. The van der Waals surface area contributed by atoms with Crippen LogP contribution in [0.3, 0.4) is 0 Å². The number of carbonyl (C=O) groups excluding carboxylic acids is 1. The van der Waals surface area contributed by atoms with Crippen molar-refractivity contribution in [1.29, 1.82) is 0 Å². The summed E-state index contributed by atoms with van der Waals surface area (Å²) in [5.74, 6) is -0.149. The summed E-state index contributed by atoms with van der Waals surface area (Å²) in [5, 5.41) is 6.98. The first-order chi connectivity index (χ1) is 7.11. The van der Waals surface area contributed by atoms with Crippen molar-refractivity contribution in [3.05, 3.63) is 11.4 Å². The molecule has 0 aliphatic rings. The van der Waals surface area contributed by atoms with E-state index < -0.39 is 0 Å². The maximum absolute atomic E-state index is 11.7. The van der Waals surface area contributed by atoms with Crippen molar-refractivity contribution in [3.63, 3.8) is 0 Å². The first-order valence-corrected chi connectivity index (χ1v) is 5.21. The Morgan fingerprint density at radius 1 is 1.53 bits per heavy atom. The van der Waals surface area contributed by atoms with Gasteiger partial charge in [-0.15, -0.1) is 0 Å². The number of rotatable bonds is 4. The third-order valence-corrected chi connectivity index (χ3v) is 2.25. The lowest BCUT2D eigenvalue weighted by Gasteiger charge is -2.04. The van der Waals surface area contributed by atoms with Crippen molar-refractivity contribution in [1.82, 2.24) is 15.1 Å². The fraction of sp³-hybridized carbons (Fsp3) is 0.600. The lowest BCUT2D eigenvalue weighted by molar-refractivity contribution is 0.0945. The Morgan fingerprint density at radius 2 is 2.20 bits per heavy atom. The molecule has 0 unspecified atom stereocenters. The molecule has 5 nitrogen and oxygen atoms in total. The summed E-state index contributed by atoms with van der Waals surface area (Å²) in [7, 11) is 1.73. The number of nitrogens with zero attached hydrogens (tertiary/aromatic N) is 2. The molecule has 0 aliphatic heterocycles. The molecule has 0 bridgehead atoms. The van der Waals surface area contributed by atoms with E-state index in [1.54, 1.807) is 11.7 Å². The van der Waals surface area contributed by atoms with Crippen LogP contribution in [0.5, 0.6) is 0 Å². The van der Waals surface area contributed by atoms with Crippen LogP contribution in [0, 0.1) is 0 Å². The van der Waals surface area contributed by atoms with E-state index >= 15 is 0 Å². The quantitative estimate of drug-likeness (QED) is 0.768. The van der Waals surface area contributed by atoms with Crippen molar-refractivity contribution in [3.8, 4) is 0 Å². The van der Waals surface area contributed by atoms with Gasteiger partial charge < -0.3 is 11.1 Å². The Morgan fingerprint density at radius 3 is 2.67 bits per heavy atom. The first kappa shape index (κ1) is 11.6. The maximum atomic E-state index is 11.7. The highest BCUT2D eigenvalue weighted by atomic mass is 16.2. The molecule has 0 fully saturated rings. The Bertz CT molecular complexity index is 357. The second-order valence-electron chi connectivity index (χ2n) is 3.44. The predicted octanol–water partition coefficient (Wildman–Crippen LogP) is 0.705. The number of hydrogen-bond acceptors (Lipinski definition) is 3. The minimum atomic E-state index is -0.149. The molecule has 3 N–H and O–H groups in total. The number of nitrogen functional groups attached to an aromatic ring is 1. The molecule has 0 spiro atoms. The second-order valence-corrected chi connectivity index (χ2v) is 3.44. The summed E-state index contributed by atoms with van der Waals surface area (Å²) >= 11 is 0. The van der Waals surface area contributed by atoms with E-state index in [0.717, 1.165) is 18.5 Å². The molecule has 0 saturated heterocycles. The molecule has 5 heteroatoms. The number of carbonyl (C=O) groups is 1. The Labute approximate surface area is 89.6 Å². The topological polar surface area (TPSA) is 72.9 Å². The minimum Gasteiger partial charge on any atom is -0.395 e. The smallest absolute Gasteiger partial charge is 0.271 e. The van der Waals surface area contributed by atoms with Crippen molar-refractivity contribution in [2.75, 3.05) is 12.3 Å². The number of hydrogen-bond donors (Lipinski definition) is 2. The molecule has 1 rings (SSSR count). The number of amides is 1. The van der Waals surface area contributed by atoms with E-state index in [0.29, 0.717) is 17.9 Å². The zero-order valence-corrected chi connectivity index (χ0v) is 9.50. The normalized spacial score (nSPS) is 10.3. The molecule has 0 atom stereocenters.